The molecule has 8 heteroatoms. The Morgan fingerprint density at radius 2 is 2.40 bits per heavy atom. The number of hydrogen-bond acceptors (Lipinski definition) is 4. The van der Waals surface area contributed by atoms with Crippen LogP contribution in [-0.4, -0.2) is 15.1 Å². The molecule has 0 aliphatic carbocycles. The van der Waals surface area contributed by atoms with Gasteiger partial charge in [0.05, 0.1) is 10.4 Å². The van der Waals surface area contributed by atoms with E-state index in [0.717, 1.165) is 0 Å². The van der Waals surface area contributed by atoms with Crippen molar-refractivity contribution in [2.75, 3.05) is 0 Å². The summed E-state index contributed by atoms with van der Waals surface area (Å²) in [6, 6.07) is 4.13. The molecule has 0 atom stereocenters. The first-order chi connectivity index (χ1) is 7.22. The third-order valence-corrected chi connectivity index (χ3v) is 1.87. The molecule has 8 nitrogen and oxygen atoms in total. The molecule has 2 aromatic rings. The molecule has 2 rings (SSSR count). The van der Waals surface area contributed by atoms with E-state index in [1.165, 1.54) is 18.2 Å². The lowest BCUT2D eigenvalue weighted by Gasteiger charge is -1.90. The van der Waals surface area contributed by atoms with Gasteiger partial charge in [0.15, 0.2) is 0 Å². The topological polar surface area (TPSA) is 121 Å². The molecule has 74 valence electrons. The lowest BCUT2D eigenvalue weighted by atomic mass is 10.2. The highest BCUT2D eigenvalue weighted by Crippen LogP contribution is 2.26. The number of non-ortho nitro benzene ring substituents is 1. The number of nitrogens with one attached hydrogen (secondary N) is 1. The van der Waals surface area contributed by atoms with Gasteiger partial charge in [0.2, 0.25) is 0 Å². The van der Waals surface area contributed by atoms with E-state index in [9.17, 15) is 10.1 Å². The molecule has 0 saturated heterocycles. The highest BCUT2D eigenvalue weighted by Gasteiger charge is 2.10. The second-order valence-electron chi connectivity index (χ2n) is 2.72. The Morgan fingerprint density at radius 1 is 1.60 bits per heavy atom. The fourth-order valence-electron chi connectivity index (χ4n) is 1.22. The number of aromatic nitrogens is 2. The Balaban J connectivity index is 2.71. The number of nitrogens with zero attached hydrogens (tertiary/aromatic N) is 5. The van der Waals surface area contributed by atoms with E-state index in [-0.39, 0.29) is 11.5 Å². The molecule has 0 aliphatic heterocycles. The highest BCUT2D eigenvalue weighted by atomic mass is 16.6. The van der Waals surface area contributed by atoms with Gasteiger partial charge in [0.1, 0.15) is 5.82 Å². The minimum absolute atomic E-state index is 0.0710. The number of benzene rings is 1. The molecule has 0 bridgehead atoms. The second-order valence-corrected chi connectivity index (χ2v) is 2.72. The van der Waals surface area contributed by atoms with Crippen molar-refractivity contribution in [2.24, 2.45) is 5.11 Å². The largest absolute Gasteiger partial charge is 0.275 e. The van der Waals surface area contributed by atoms with Gasteiger partial charge in [0, 0.05) is 22.4 Å². The molecule has 1 aromatic heterocycles. The van der Waals surface area contributed by atoms with Gasteiger partial charge in [-0.25, -0.2) is 0 Å². The SMILES string of the molecule is [N-]=[N+]=Nc1[nH]nc2ccc([N+](=O)[O-])cc12. The van der Waals surface area contributed by atoms with E-state index in [1.54, 1.807) is 0 Å². The average molecular weight is 204 g/mol. The van der Waals surface area contributed by atoms with Crippen LogP contribution >= 0.6 is 0 Å². The zero-order valence-corrected chi connectivity index (χ0v) is 7.28. The first-order valence-corrected chi connectivity index (χ1v) is 3.90. The smallest absolute Gasteiger partial charge is 0.270 e. The third kappa shape index (κ3) is 1.45. The molecule has 1 N–H and O–H groups in total. The minimum atomic E-state index is -0.522. The number of azide groups is 1. The molecule has 1 heterocycles. The maximum atomic E-state index is 10.5. The Morgan fingerprint density at radius 3 is 3.07 bits per heavy atom. The predicted octanol–water partition coefficient (Wildman–Crippen LogP) is 2.41. The van der Waals surface area contributed by atoms with Gasteiger partial charge in [-0.2, -0.15) is 5.10 Å². The Hall–Kier alpha value is -2.60. The predicted molar refractivity (Wildman–Crippen MR) is 51.6 cm³/mol. The molecule has 0 amide bonds. The number of aromatic amines is 1. The summed E-state index contributed by atoms with van der Waals surface area (Å²) in [5.41, 5.74) is 8.70. The quantitative estimate of drug-likeness (QED) is 0.265. The van der Waals surface area contributed by atoms with Crippen molar-refractivity contribution in [3.05, 3.63) is 38.8 Å². The van der Waals surface area contributed by atoms with Crippen LogP contribution in [0.1, 0.15) is 0 Å². The van der Waals surface area contributed by atoms with Gasteiger partial charge < -0.3 is 0 Å². The van der Waals surface area contributed by atoms with E-state index in [4.69, 9.17) is 5.53 Å². The monoisotopic (exact) mass is 204 g/mol. The summed E-state index contributed by atoms with van der Waals surface area (Å²) in [7, 11) is 0. The van der Waals surface area contributed by atoms with Gasteiger partial charge >= 0.3 is 0 Å². The first-order valence-electron chi connectivity index (χ1n) is 3.90. The van der Waals surface area contributed by atoms with Gasteiger partial charge in [-0.3, -0.25) is 15.2 Å². The lowest BCUT2D eigenvalue weighted by molar-refractivity contribution is -0.384. The van der Waals surface area contributed by atoms with E-state index >= 15 is 0 Å². The standard InChI is InChI=1S/C7H4N6O2/c8-12-11-7-5-3-4(13(14)15)1-2-6(5)9-10-7/h1-3H,(H,9,10). The average Bonchev–Trinajstić information content (AvgIpc) is 2.61. The van der Waals surface area contributed by atoms with Crippen molar-refractivity contribution < 1.29 is 4.92 Å². The van der Waals surface area contributed by atoms with Crippen molar-refractivity contribution >= 4 is 22.4 Å². The lowest BCUT2D eigenvalue weighted by Crippen LogP contribution is -1.86. The zero-order valence-electron chi connectivity index (χ0n) is 7.28. The number of H-pyrrole nitrogens is 1. The van der Waals surface area contributed by atoms with Crippen LogP contribution in [0.25, 0.3) is 21.3 Å². The molecule has 15 heavy (non-hydrogen) atoms. The zero-order chi connectivity index (χ0) is 10.8. The highest BCUT2D eigenvalue weighted by molar-refractivity contribution is 5.89. The summed E-state index contributed by atoms with van der Waals surface area (Å²) in [6.07, 6.45) is 0. The van der Waals surface area contributed by atoms with Crippen LogP contribution in [0.2, 0.25) is 0 Å². The number of hydrogen-bond donors (Lipinski definition) is 1. The molecule has 0 saturated carbocycles. The normalized spacial score (nSPS) is 9.87. The van der Waals surface area contributed by atoms with Crippen LogP contribution in [0.3, 0.4) is 0 Å². The van der Waals surface area contributed by atoms with Crippen LogP contribution in [0.15, 0.2) is 23.3 Å². The van der Waals surface area contributed by atoms with Gasteiger partial charge in [0.25, 0.3) is 5.69 Å². The molecular weight excluding hydrogens is 200 g/mol. The van der Waals surface area contributed by atoms with E-state index in [1.807, 2.05) is 0 Å². The van der Waals surface area contributed by atoms with E-state index in [0.29, 0.717) is 10.9 Å². The fraction of sp³-hybridized carbons (Fsp3) is 0. The molecule has 0 unspecified atom stereocenters. The van der Waals surface area contributed by atoms with Gasteiger partial charge in [-0.1, -0.05) is 0 Å². The van der Waals surface area contributed by atoms with Crippen molar-refractivity contribution in [1.82, 2.24) is 10.2 Å². The van der Waals surface area contributed by atoms with Gasteiger partial charge in [-0.05, 0) is 16.7 Å². The Labute approximate surface area is 82.3 Å². The van der Waals surface area contributed by atoms with Gasteiger partial charge in [-0.15, -0.1) is 0 Å². The number of fused-ring (bicyclic) bond motifs is 1. The summed E-state index contributed by atoms with van der Waals surface area (Å²) in [4.78, 5) is 12.6. The molecule has 0 fully saturated rings. The number of nitro benzene ring substituents is 1. The minimum Gasteiger partial charge on any atom is -0.275 e. The molecular formula is C7H4N6O2. The Kier molecular flexibility index (Phi) is 1.96. The van der Waals surface area contributed by atoms with Crippen LogP contribution in [0, 0.1) is 10.1 Å². The fourth-order valence-corrected chi connectivity index (χ4v) is 1.22. The van der Waals surface area contributed by atoms with Crippen molar-refractivity contribution in [2.45, 2.75) is 0 Å². The number of rotatable bonds is 2. The maximum absolute atomic E-state index is 10.5. The Bertz CT molecular complexity index is 582. The van der Waals surface area contributed by atoms with E-state index in [2.05, 4.69) is 20.2 Å². The van der Waals surface area contributed by atoms with Crippen LogP contribution < -0.4 is 0 Å². The third-order valence-electron chi connectivity index (χ3n) is 1.87. The van der Waals surface area contributed by atoms with Crippen LogP contribution in [0.4, 0.5) is 11.5 Å². The van der Waals surface area contributed by atoms with Crippen LogP contribution in [0.5, 0.6) is 0 Å². The summed E-state index contributed by atoms with van der Waals surface area (Å²) >= 11 is 0. The second kappa shape index (κ2) is 3.28. The van der Waals surface area contributed by atoms with Crippen molar-refractivity contribution in [1.29, 1.82) is 0 Å². The van der Waals surface area contributed by atoms with E-state index < -0.39 is 4.92 Å². The number of nitro groups is 1. The van der Waals surface area contributed by atoms with Crippen molar-refractivity contribution in [3.63, 3.8) is 0 Å². The molecule has 0 spiro atoms. The summed E-state index contributed by atoms with van der Waals surface area (Å²) in [6.45, 7) is 0. The molecule has 0 aliphatic rings. The summed E-state index contributed by atoms with van der Waals surface area (Å²) in [5, 5.41) is 20.6. The first kappa shape index (κ1) is 8.97. The summed E-state index contributed by atoms with van der Waals surface area (Å²) in [5.74, 6) is 0.177. The molecule has 1 aromatic carbocycles. The van der Waals surface area contributed by atoms with Crippen molar-refractivity contribution in [3.8, 4) is 0 Å². The maximum Gasteiger partial charge on any atom is 0.270 e. The van der Waals surface area contributed by atoms with Crippen LogP contribution in [-0.2, 0) is 0 Å². The molecule has 0 radical (unpaired) electrons. The summed E-state index contributed by atoms with van der Waals surface area (Å²) < 4.78 is 0.